The van der Waals surface area contributed by atoms with Crippen LogP contribution < -0.4 is 24.8 Å². The molecule has 0 radical (unpaired) electrons. The number of carbonyl (C=O) groups is 1. The number of nitrogens with one attached hydrogen (secondary N) is 2. The summed E-state index contributed by atoms with van der Waals surface area (Å²) in [6.07, 6.45) is 1.59. The second-order valence-corrected chi connectivity index (χ2v) is 6.03. The summed E-state index contributed by atoms with van der Waals surface area (Å²) >= 11 is 0. The van der Waals surface area contributed by atoms with Gasteiger partial charge in [-0.15, -0.1) is 0 Å². The van der Waals surface area contributed by atoms with Crippen molar-refractivity contribution in [2.24, 2.45) is 0 Å². The Labute approximate surface area is 169 Å². The number of benzene rings is 2. The minimum Gasteiger partial charge on any atom is -0.497 e. The van der Waals surface area contributed by atoms with Crippen LogP contribution in [0.4, 0.5) is 17.1 Å². The Morgan fingerprint density at radius 2 is 1.66 bits per heavy atom. The molecule has 7 nitrogen and oxygen atoms in total. The molecule has 0 saturated carbocycles. The molecule has 0 aliphatic carbocycles. The van der Waals surface area contributed by atoms with E-state index in [1.807, 2.05) is 31.2 Å². The molecule has 0 unspecified atom stereocenters. The van der Waals surface area contributed by atoms with Gasteiger partial charge in [-0.2, -0.15) is 0 Å². The summed E-state index contributed by atoms with van der Waals surface area (Å²) in [6, 6.07) is 16.1. The third-order valence-corrected chi connectivity index (χ3v) is 4.11. The number of methoxy groups -OCH3 is 2. The van der Waals surface area contributed by atoms with Gasteiger partial charge in [0.05, 0.1) is 38.4 Å². The van der Waals surface area contributed by atoms with E-state index in [0.717, 1.165) is 17.1 Å². The van der Waals surface area contributed by atoms with Crippen LogP contribution >= 0.6 is 0 Å². The Morgan fingerprint density at radius 1 is 0.931 bits per heavy atom. The lowest BCUT2D eigenvalue weighted by molar-refractivity contribution is 0.102. The minimum atomic E-state index is -0.289. The fourth-order valence-corrected chi connectivity index (χ4v) is 2.66. The molecule has 0 atom stereocenters. The van der Waals surface area contributed by atoms with Gasteiger partial charge in [0.2, 0.25) is 0 Å². The number of ether oxygens (including phenoxy) is 3. The third-order valence-electron chi connectivity index (χ3n) is 4.11. The molecule has 1 heterocycles. The van der Waals surface area contributed by atoms with Gasteiger partial charge in [0.1, 0.15) is 22.9 Å². The largest absolute Gasteiger partial charge is 0.497 e. The molecular formula is C22H23N3O4. The zero-order chi connectivity index (χ0) is 20.6. The highest BCUT2D eigenvalue weighted by atomic mass is 16.5. The monoisotopic (exact) mass is 393 g/mol. The van der Waals surface area contributed by atoms with Gasteiger partial charge in [0.25, 0.3) is 5.91 Å². The van der Waals surface area contributed by atoms with Gasteiger partial charge < -0.3 is 24.8 Å². The van der Waals surface area contributed by atoms with Crippen LogP contribution in [0, 0.1) is 0 Å². The Hall–Kier alpha value is -3.74. The first-order valence-corrected chi connectivity index (χ1v) is 9.12. The molecule has 7 heteroatoms. The van der Waals surface area contributed by atoms with Crippen LogP contribution in [0.1, 0.15) is 17.4 Å². The number of aromatic nitrogens is 1. The predicted molar refractivity (Wildman–Crippen MR) is 113 cm³/mol. The van der Waals surface area contributed by atoms with Crippen LogP contribution in [0.3, 0.4) is 0 Å². The van der Waals surface area contributed by atoms with Crippen LogP contribution in [0.5, 0.6) is 17.2 Å². The van der Waals surface area contributed by atoms with Crippen molar-refractivity contribution >= 4 is 23.0 Å². The molecule has 0 spiro atoms. The van der Waals surface area contributed by atoms with Crippen molar-refractivity contribution in [1.82, 2.24) is 4.98 Å². The summed E-state index contributed by atoms with van der Waals surface area (Å²) in [6.45, 7) is 2.52. The molecule has 1 amide bonds. The summed E-state index contributed by atoms with van der Waals surface area (Å²) in [5.41, 5.74) is 2.48. The lowest BCUT2D eigenvalue weighted by Crippen LogP contribution is -2.13. The van der Waals surface area contributed by atoms with Crippen molar-refractivity contribution in [3.05, 3.63) is 66.5 Å². The number of pyridine rings is 1. The molecule has 3 aromatic rings. The highest BCUT2D eigenvalue weighted by Gasteiger charge is 2.09. The highest BCUT2D eigenvalue weighted by Crippen LogP contribution is 2.31. The first kappa shape index (κ1) is 20.0. The first-order chi connectivity index (χ1) is 14.1. The van der Waals surface area contributed by atoms with Crippen LogP contribution in [0.25, 0.3) is 0 Å². The zero-order valence-electron chi connectivity index (χ0n) is 16.6. The van der Waals surface area contributed by atoms with Gasteiger partial charge >= 0.3 is 0 Å². The number of carbonyl (C=O) groups excluding carboxylic acids is 1. The summed E-state index contributed by atoms with van der Waals surface area (Å²) in [7, 11) is 3.19. The average Bonchev–Trinajstić information content (AvgIpc) is 2.76. The summed E-state index contributed by atoms with van der Waals surface area (Å²) < 4.78 is 16.0. The van der Waals surface area contributed by atoms with E-state index in [0.29, 0.717) is 29.5 Å². The molecule has 0 aliphatic rings. The SMILES string of the molecule is CCOc1ccc(NC(=O)c2ccc(Nc3ccc(OC)cc3OC)cn2)cc1. The Morgan fingerprint density at radius 3 is 2.28 bits per heavy atom. The first-order valence-electron chi connectivity index (χ1n) is 9.12. The van der Waals surface area contributed by atoms with E-state index in [1.54, 1.807) is 50.7 Å². The molecule has 0 fully saturated rings. The molecule has 29 heavy (non-hydrogen) atoms. The molecule has 150 valence electrons. The molecule has 2 aromatic carbocycles. The summed E-state index contributed by atoms with van der Waals surface area (Å²) in [5.74, 6) is 1.81. The standard InChI is InChI=1S/C22H23N3O4/c1-4-29-17-8-5-15(6-9-17)25-22(26)20-11-7-16(14-23-20)24-19-12-10-18(27-2)13-21(19)28-3/h5-14,24H,4H2,1-3H3,(H,25,26). The van der Waals surface area contributed by atoms with Crippen molar-refractivity contribution in [2.75, 3.05) is 31.5 Å². The summed E-state index contributed by atoms with van der Waals surface area (Å²) in [5, 5.41) is 6.04. The maximum Gasteiger partial charge on any atom is 0.274 e. The van der Waals surface area contributed by atoms with Crippen molar-refractivity contribution < 1.29 is 19.0 Å². The van der Waals surface area contributed by atoms with E-state index in [9.17, 15) is 4.79 Å². The Bertz CT molecular complexity index is 957. The molecule has 1 aromatic heterocycles. The topological polar surface area (TPSA) is 81.7 Å². The number of hydrogen-bond donors (Lipinski definition) is 2. The zero-order valence-corrected chi connectivity index (χ0v) is 16.6. The van der Waals surface area contributed by atoms with Crippen LogP contribution in [-0.4, -0.2) is 31.7 Å². The van der Waals surface area contributed by atoms with E-state index in [-0.39, 0.29) is 5.91 Å². The molecule has 2 N–H and O–H groups in total. The molecule has 0 aliphatic heterocycles. The van der Waals surface area contributed by atoms with Crippen molar-refractivity contribution in [3.8, 4) is 17.2 Å². The molecule has 0 bridgehead atoms. The quantitative estimate of drug-likeness (QED) is 0.587. The number of nitrogens with zero attached hydrogens (tertiary/aromatic N) is 1. The lowest BCUT2D eigenvalue weighted by atomic mass is 10.2. The van der Waals surface area contributed by atoms with Crippen molar-refractivity contribution in [3.63, 3.8) is 0 Å². The van der Waals surface area contributed by atoms with E-state index in [1.165, 1.54) is 0 Å². The maximum absolute atomic E-state index is 12.4. The number of amides is 1. The minimum absolute atomic E-state index is 0.289. The van der Waals surface area contributed by atoms with Crippen molar-refractivity contribution in [2.45, 2.75) is 6.92 Å². The average molecular weight is 393 g/mol. The Balaban J connectivity index is 1.66. The molecule has 0 saturated heterocycles. The van der Waals surface area contributed by atoms with E-state index in [4.69, 9.17) is 14.2 Å². The van der Waals surface area contributed by atoms with Crippen LogP contribution in [0.15, 0.2) is 60.8 Å². The van der Waals surface area contributed by atoms with Crippen LogP contribution in [0.2, 0.25) is 0 Å². The third kappa shape index (κ3) is 5.16. The maximum atomic E-state index is 12.4. The van der Waals surface area contributed by atoms with Gasteiger partial charge in [-0.1, -0.05) is 0 Å². The van der Waals surface area contributed by atoms with E-state index < -0.39 is 0 Å². The fraction of sp³-hybridized carbons (Fsp3) is 0.182. The van der Waals surface area contributed by atoms with Gasteiger partial charge in [0.15, 0.2) is 0 Å². The summed E-state index contributed by atoms with van der Waals surface area (Å²) in [4.78, 5) is 16.6. The Kier molecular flexibility index (Phi) is 6.52. The molecular weight excluding hydrogens is 370 g/mol. The van der Waals surface area contributed by atoms with Gasteiger partial charge in [-0.25, -0.2) is 4.98 Å². The van der Waals surface area contributed by atoms with Gasteiger partial charge in [-0.05, 0) is 55.5 Å². The second kappa shape index (κ2) is 9.45. The highest BCUT2D eigenvalue weighted by molar-refractivity contribution is 6.03. The van der Waals surface area contributed by atoms with E-state index in [2.05, 4.69) is 15.6 Å². The smallest absolute Gasteiger partial charge is 0.274 e. The second-order valence-electron chi connectivity index (χ2n) is 6.03. The van der Waals surface area contributed by atoms with E-state index >= 15 is 0 Å². The lowest BCUT2D eigenvalue weighted by Gasteiger charge is -2.12. The molecule has 3 rings (SSSR count). The number of anilines is 3. The van der Waals surface area contributed by atoms with Gasteiger partial charge in [-0.3, -0.25) is 4.79 Å². The normalized spacial score (nSPS) is 10.2. The predicted octanol–water partition coefficient (Wildman–Crippen LogP) is 4.49. The fourth-order valence-electron chi connectivity index (χ4n) is 2.66. The number of rotatable bonds is 8. The number of hydrogen-bond acceptors (Lipinski definition) is 6. The van der Waals surface area contributed by atoms with Crippen molar-refractivity contribution in [1.29, 1.82) is 0 Å². The van der Waals surface area contributed by atoms with Crippen LogP contribution in [-0.2, 0) is 0 Å². The van der Waals surface area contributed by atoms with Gasteiger partial charge in [0, 0.05) is 11.8 Å².